The van der Waals surface area contributed by atoms with E-state index in [9.17, 15) is 28.0 Å². The molecule has 0 aliphatic heterocycles. The van der Waals surface area contributed by atoms with E-state index in [1.165, 1.54) is 37.4 Å². The van der Waals surface area contributed by atoms with Crippen LogP contribution in [0, 0.1) is 11.3 Å². The molecule has 0 spiro atoms. The lowest BCUT2D eigenvalue weighted by Gasteiger charge is -2.16. The molecule has 12 heteroatoms. The highest BCUT2D eigenvalue weighted by Crippen LogP contribution is 2.30. The molecule has 0 amide bonds. The highest BCUT2D eigenvalue weighted by Gasteiger charge is 2.34. The average molecular weight is 431 g/mol. The van der Waals surface area contributed by atoms with Gasteiger partial charge >= 0.3 is 12.2 Å². The number of rotatable bonds is 6. The molecule has 0 fully saturated rings. The highest BCUT2D eigenvalue weighted by atomic mass is 19.4. The predicted molar refractivity (Wildman–Crippen MR) is 97.8 cm³/mol. The summed E-state index contributed by atoms with van der Waals surface area (Å²) in [6.07, 6.45) is -4.50. The number of ether oxygens (including phenoxy) is 2. The molecule has 0 unspecified atom stereocenters. The van der Waals surface area contributed by atoms with Crippen molar-refractivity contribution in [2.24, 2.45) is 0 Å². The van der Waals surface area contributed by atoms with Gasteiger partial charge in [0.05, 0.1) is 19.2 Å². The predicted octanol–water partition coefficient (Wildman–Crippen LogP) is 2.59. The van der Waals surface area contributed by atoms with Crippen LogP contribution >= 0.6 is 0 Å². The number of nitrogens with zero attached hydrogens (tertiary/aromatic N) is 5. The van der Waals surface area contributed by atoms with E-state index >= 15 is 0 Å². The SMILES string of the molecule is COc1nnc(C=O)cc1Cn1c(Oc2ccccc2C#N)nc(C(F)(F)F)cc1=O. The first-order valence-corrected chi connectivity index (χ1v) is 8.48. The maximum Gasteiger partial charge on any atom is 0.433 e. The molecule has 0 aliphatic carbocycles. The van der Waals surface area contributed by atoms with Crippen molar-refractivity contribution in [3.05, 3.63) is 69.3 Å². The second-order valence-electron chi connectivity index (χ2n) is 5.98. The molecule has 2 heterocycles. The minimum atomic E-state index is -4.91. The Morgan fingerprint density at radius 1 is 1.23 bits per heavy atom. The van der Waals surface area contributed by atoms with Gasteiger partial charge in [-0.1, -0.05) is 12.1 Å². The van der Waals surface area contributed by atoms with E-state index in [0.717, 1.165) is 4.57 Å². The first-order valence-electron chi connectivity index (χ1n) is 8.48. The molecule has 31 heavy (non-hydrogen) atoms. The number of carbonyl (C=O) groups is 1. The maximum absolute atomic E-state index is 13.2. The van der Waals surface area contributed by atoms with Gasteiger partial charge in [0.2, 0.25) is 5.88 Å². The third kappa shape index (κ3) is 4.67. The monoisotopic (exact) mass is 431 g/mol. The third-order valence-electron chi connectivity index (χ3n) is 3.97. The number of nitriles is 1. The Kier molecular flexibility index (Phi) is 5.96. The Balaban J connectivity index is 2.17. The Labute approximate surface area is 172 Å². The summed E-state index contributed by atoms with van der Waals surface area (Å²) in [7, 11) is 1.27. The molecule has 0 N–H and O–H groups in total. The number of methoxy groups -OCH3 is 1. The maximum atomic E-state index is 13.2. The van der Waals surface area contributed by atoms with Gasteiger partial charge in [-0.05, 0) is 18.2 Å². The first-order chi connectivity index (χ1) is 14.8. The number of benzene rings is 1. The van der Waals surface area contributed by atoms with E-state index in [-0.39, 0.29) is 28.5 Å². The summed E-state index contributed by atoms with van der Waals surface area (Å²) in [6.45, 7) is -0.395. The van der Waals surface area contributed by atoms with Gasteiger partial charge in [-0.15, -0.1) is 10.2 Å². The van der Waals surface area contributed by atoms with Crippen molar-refractivity contribution in [1.29, 1.82) is 5.26 Å². The number of para-hydroxylation sites is 1. The van der Waals surface area contributed by atoms with Crippen LogP contribution in [0.1, 0.15) is 27.3 Å². The molecule has 0 saturated carbocycles. The Morgan fingerprint density at radius 3 is 2.61 bits per heavy atom. The summed E-state index contributed by atoms with van der Waals surface area (Å²) in [6, 6.07) is 8.46. The van der Waals surface area contributed by atoms with Gasteiger partial charge in [-0.25, -0.2) is 0 Å². The normalized spacial score (nSPS) is 10.9. The van der Waals surface area contributed by atoms with Crippen LogP contribution in [0.2, 0.25) is 0 Å². The minimum absolute atomic E-state index is 0.0205. The fourth-order valence-electron chi connectivity index (χ4n) is 2.55. The van der Waals surface area contributed by atoms with Crippen molar-refractivity contribution in [3.63, 3.8) is 0 Å². The lowest BCUT2D eigenvalue weighted by atomic mass is 10.2. The molecule has 0 atom stereocenters. The van der Waals surface area contributed by atoms with Gasteiger partial charge in [0.25, 0.3) is 5.56 Å². The van der Waals surface area contributed by atoms with Gasteiger partial charge < -0.3 is 9.47 Å². The highest BCUT2D eigenvalue weighted by molar-refractivity contribution is 5.71. The quantitative estimate of drug-likeness (QED) is 0.546. The van der Waals surface area contributed by atoms with E-state index in [1.54, 1.807) is 0 Å². The van der Waals surface area contributed by atoms with E-state index in [4.69, 9.17) is 9.47 Å². The molecule has 0 bridgehead atoms. The van der Waals surface area contributed by atoms with E-state index < -0.39 is 30.0 Å². The van der Waals surface area contributed by atoms with Gasteiger partial charge in [0, 0.05) is 11.6 Å². The summed E-state index contributed by atoms with van der Waals surface area (Å²) in [5.74, 6) is -0.154. The van der Waals surface area contributed by atoms with Crippen LogP contribution in [0.5, 0.6) is 17.6 Å². The molecular weight excluding hydrogens is 419 g/mol. The topological polar surface area (TPSA) is 120 Å². The first kappa shape index (κ1) is 21.4. The molecule has 0 saturated heterocycles. The largest absolute Gasteiger partial charge is 0.480 e. The summed E-state index contributed by atoms with van der Waals surface area (Å²) < 4.78 is 50.9. The van der Waals surface area contributed by atoms with Gasteiger partial charge in [-0.3, -0.25) is 14.2 Å². The minimum Gasteiger partial charge on any atom is -0.480 e. The Bertz CT molecular complexity index is 1230. The zero-order valence-electron chi connectivity index (χ0n) is 15.8. The number of aldehydes is 1. The van der Waals surface area contributed by atoms with Crippen LogP contribution < -0.4 is 15.0 Å². The van der Waals surface area contributed by atoms with Gasteiger partial charge in [0.1, 0.15) is 17.5 Å². The van der Waals surface area contributed by atoms with Crippen LogP contribution in [0.25, 0.3) is 0 Å². The van der Waals surface area contributed by atoms with Crippen molar-refractivity contribution in [3.8, 4) is 23.7 Å². The lowest BCUT2D eigenvalue weighted by Crippen LogP contribution is -2.26. The van der Waals surface area contributed by atoms with E-state index in [0.29, 0.717) is 12.4 Å². The van der Waals surface area contributed by atoms with Crippen LogP contribution in [0.15, 0.2) is 41.2 Å². The van der Waals surface area contributed by atoms with E-state index in [2.05, 4.69) is 15.2 Å². The zero-order chi connectivity index (χ0) is 22.6. The van der Waals surface area contributed by atoms with Crippen molar-refractivity contribution in [1.82, 2.24) is 19.7 Å². The molecule has 0 radical (unpaired) electrons. The van der Waals surface area contributed by atoms with Crippen LogP contribution in [-0.4, -0.2) is 33.1 Å². The molecule has 3 aromatic rings. The second kappa shape index (κ2) is 8.62. The number of carbonyl (C=O) groups excluding carboxylic acids is 1. The standard InChI is InChI=1S/C19H12F3N5O4/c1-30-17-12(6-13(10-28)25-26-17)9-27-16(29)7-15(19(20,21)22)24-18(27)31-14-5-3-2-4-11(14)8-23/h2-7,10H,9H2,1H3. The van der Waals surface area contributed by atoms with Crippen LogP contribution in [0.4, 0.5) is 13.2 Å². The number of aromatic nitrogens is 4. The average Bonchev–Trinajstić information content (AvgIpc) is 2.75. The molecule has 3 rings (SSSR count). The van der Waals surface area contributed by atoms with Gasteiger partial charge in [0.15, 0.2) is 12.0 Å². The molecule has 9 nitrogen and oxygen atoms in total. The van der Waals surface area contributed by atoms with Crippen LogP contribution in [0.3, 0.4) is 0 Å². The van der Waals surface area contributed by atoms with Crippen LogP contribution in [-0.2, 0) is 12.7 Å². The van der Waals surface area contributed by atoms with Crippen molar-refractivity contribution >= 4 is 6.29 Å². The number of hydrogen-bond donors (Lipinski definition) is 0. The molecule has 0 aliphatic rings. The van der Waals surface area contributed by atoms with Crippen molar-refractivity contribution < 1.29 is 27.4 Å². The smallest absolute Gasteiger partial charge is 0.433 e. The number of hydrogen-bond acceptors (Lipinski definition) is 8. The van der Waals surface area contributed by atoms with Crippen molar-refractivity contribution in [2.45, 2.75) is 12.7 Å². The van der Waals surface area contributed by atoms with Gasteiger partial charge in [-0.2, -0.15) is 23.4 Å². The molecule has 158 valence electrons. The molecule has 2 aromatic heterocycles. The second-order valence-corrected chi connectivity index (χ2v) is 5.98. The Hall–Kier alpha value is -4.27. The summed E-state index contributed by atoms with van der Waals surface area (Å²) >= 11 is 0. The fourth-order valence-corrected chi connectivity index (χ4v) is 2.55. The number of alkyl halides is 3. The molecule has 1 aromatic carbocycles. The number of halogens is 3. The molecular formula is C19H12F3N5O4. The van der Waals surface area contributed by atoms with Crippen molar-refractivity contribution in [2.75, 3.05) is 7.11 Å². The third-order valence-corrected chi connectivity index (χ3v) is 3.97. The summed E-state index contributed by atoms with van der Waals surface area (Å²) in [4.78, 5) is 27.0. The van der Waals surface area contributed by atoms with E-state index in [1.807, 2.05) is 6.07 Å². The lowest BCUT2D eigenvalue weighted by molar-refractivity contribution is -0.141. The fraction of sp³-hybridized carbons (Fsp3) is 0.158. The Morgan fingerprint density at radius 2 is 1.97 bits per heavy atom. The summed E-state index contributed by atoms with van der Waals surface area (Å²) in [5, 5.41) is 16.5. The zero-order valence-corrected chi connectivity index (χ0v) is 15.8. The summed E-state index contributed by atoms with van der Waals surface area (Å²) in [5.41, 5.74) is -2.44.